The van der Waals surface area contributed by atoms with E-state index in [2.05, 4.69) is 63.0 Å². The predicted molar refractivity (Wildman–Crippen MR) is 131 cm³/mol. The Hall–Kier alpha value is -3.51. The van der Waals surface area contributed by atoms with Crippen LogP contribution in [0.3, 0.4) is 0 Å². The summed E-state index contributed by atoms with van der Waals surface area (Å²) in [5.41, 5.74) is 2.56. The van der Waals surface area contributed by atoms with Gasteiger partial charge in [-0.1, -0.05) is 48.5 Å². The van der Waals surface area contributed by atoms with Crippen LogP contribution in [0.4, 0.5) is 0 Å². The normalized spacial score (nSPS) is 19.2. The van der Waals surface area contributed by atoms with Crippen LogP contribution in [-0.2, 0) is 12.8 Å². The molecule has 1 fully saturated rings. The molecule has 0 aliphatic carbocycles. The van der Waals surface area contributed by atoms with Crippen LogP contribution >= 0.6 is 0 Å². The van der Waals surface area contributed by atoms with Gasteiger partial charge in [-0.3, -0.25) is 9.89 Å². The van der Waals surface area contributed by atoms with Gasteiger partial charge < -0.3 is 10.1 Å². The second kappa shape index (κ2) is 8.69. The van der Waals surface area contributed by atoms with Crippen LogP contribution in [0.5, 0.6) is 5.75 Å². The van der Waals surface area contributed by atoms with Gasteiger partial charge >= 0.3 is 0 Å². The smallest absolute Gasteiger partial charge is 0.173 e. The number of ether oxygens (including phenoxy) is 1. The summed E-state index contributed by atoms with van der Waals surface area (Å²) in [4.78, 5) is 18.2. The maximum absolute atomic E-state index is 14.0. The quantitative estimate of drug-likeness (QED) is 0.466. The van der Waals surface area contributed by atoms with E-state index in [-0.39, 0.29) is 11.7 Å². The fraction of sp³-hybridized carbons (Fsp3) is 0.321. The highest BCUT2D eigenvalue weighted by Gasteiger charge is 2.49. The van der Waals surface area contributed by atoms with Crippen LogP contribution in [0, 0.1) is 5.92 Å². The summed E-state index contributed by atoms with van der Waals surface area (Å²) in [6.07, 6.45) is 5.47. The largest absolute Gasteiger partial charge is 0.486 e. The number of rotatable bonds is 5. The predicted octanol–water partition coefficient (Wildman–Crippen LogP) is 4.50. The van der Waals surface area contributed by atoms with Gasteiger partial charge in [-0.2, -0.15) is 5.10 Å². The number of aryl methyl sites for hydroxylation is 1. The molecule has 6 nitrogen and oxygen atoms in total. The van der Waals surface area contributed by atoms with Crippen LogP contribution in [-0.4, -0.2) is 39.7 Å². The molecule has 1 atom stereocenters. The zero-order chi connectivity index (χ0) is 23.0. The summed E-state index contributed by atoms with van der Waals surface area (Å²) in [6, 6.07) is 20.9. The third-order valence-corrected chi connectivity index (χ3v) is 7.43. The molecule has 3 aromatic carbocycles. The Balaban J connectivity index is 1.32. The van der Waals surface area contributed by atoms with E-state index in [1.807, 2.05) is 18.2 Å². The third-order valence-electron chi connectivity index (χ3n) is 7.43. The third kappa shape index (κ3) is 3.78. The molecular weight excluding hydrogens is 424 g/mol. The average molecular weight is 453 g/mol. The van der Waals surface area contributed by atoms with E-state index in [1.54, 1.807) is 6.33 Å². The molecule has 0 bridgehead atoms. The number of nitrogens with zero attached hydrogens (tertiary/aromatic N) is 2. The average Bonchev–Trinajstić information content (AvgIpc) is 3.38. The standard InChI is InChI=1S/C28H28N4O2/c33-27-23-16-19(17-26-30-18-31-32-26)8-11-25(23)34-28(12-14-29-15-13-28)24(27)10-9-21-6-3-5-20-4-1-2-7-22(20)21/h1-8,11,16,18,24,29H,9-10,12-15,17H2,(H,30,31,32). The molecular formula is C28H28N4O2. The van der Waals surface area contributed by atoms with Gasteiger partial charge in [0.15, 0.2) is 11.6 Å². The Morgan fingerprint density at radius 3 is 2.74 bits per heavy atom. The lowest BCUT2D eigenvalue weighted by Crippen LogP contribution is -2.56. The number of aromatic amines is 1. The highest BCUT2D eigenvalue weighted by Crippen LogP contribution is 2.44. The molecule has 3 heterocycles. The molecule has 0 saturated carbocycles. The van der Waals surface area contributed by atoms with Crippen molar-refractivity contribution < 1.29 is 9.53 Å². The van der Waals surface area contributed by atoms with Gasteiger partial charge in [0, 0.05) is 19.3 Å². The number of fused-ring (bicyclic) bond motifs is 2. The highest BCUT2D eigenvalue weighted by molar-refractivity contribution is 6.02. The lowest BCUT2D eigenvalue weighted by Gasteiger charge is -2.46. The van der Waals surface area contributed by atoms with E-state index in [0.717, 1.165) is 44.3 Å². The van der Waals surface area contributed by atoms with Gasteiger partial charge in [-0.05, 0) is 60.0 Å². The number of nitrogens with one attached hydrogen (secondary N) is 2. The molecule has 6 heteroatoms. The van der Waals surface area contributed by atoms with Gasteiger partial charge in [-0.25, -0.2) is 4.98 Å². The number of aromatic nitrogens is 3. The number of benzene rings is 3. The first-order valence-electron chi connectivity index (χ1n) is 12.1. The minimum Gasteiger partial charge on any atom is -0.486 e. The number of hydrogen-bond donors (Lipinski definition) is 2. The van der Waals surface area contributed by atoms with Crippen molar-refractivity contribution in [1.29, 1.82) is 0 Å². The number of ketones is 1. The van der Waals surface area contributed by atoms with Crippen molar-refractivity contribution in [3.63, 3.8) is 0 Å². The van der Waals surface area contributed by atoms with Crippen molar-refractivity contribution in [3.8, 4) is 5.75 Å². The molecule has 2 aliphatic heterocycles. The van der Waals surface area contributed by atoms with Gasteiger partial charge in [0.2, 0.25) is 0 Å². The maximum atomic E-state index is 14.0. The van der Waals surface area contributed by atoms with Crippen molar-refractivity contribution in [2.45, 2.75) is 37.7 Å². The Morgan fingerprint density at radius 2 is 1.88 bits per heavy atom. The monoisotopic (exact) mass is 452 g/mol. The van der Waals surface area contributed by atoms with Gasteiger partial charge in [0.25, 0.3) is 0 Å². The zero-order valence-electron chi connectivity index (χ0n) is 19.1. The van der Waals surface area contributed by atoms with Crippen LogP contribution in [0.1, 0.15) is 46.6 Å². The van der Waals surface area contributed by atoms with Gasteiger partial charge in [0.1, 0.15) is 17.7 Å². The molecule has 6 rings (SSSR count). The summed E-state index contributed by atoms with van der Waals surface area (Å²) >= 11 is 0. The van der Waals surface area contributed by atoms with Crippen molar-refractivity contribution in [3.05, 3.63) is 89.5 Å². The number of piperidine rings is 1. The van der Waals surface area contributed by atoms with E-state index in [4.69, 9.17) is 4.74 Å². The van der Waals surface area contributed by atoms with Crippen molar-refractivity contribution in [2.24, 2.45) is 5.92 Å². The first kappa shape index (κ1) is 21.1. The molecule has 34 heavy (non-hydrogen) atoms. The van der Waals surface area contributed by atoms with Crippen LogP contribution in [0.2, 0.25) is 0 Å². The summed E-state index contributed by atoms with van der Waals surface area (Å²) in [5, 5.41) is 12.9. The number of carbonyl (C=O) groups excluding carboxylic acids is 1. The van der Waals surface area contributed by atoms with E-state index in [0.29, 0.717) is 23.6 Å². The second-order valence-corrected chi connectivity index (χ2v) is 9.43. The van der Waals surface area contributed by atoms with E-state index >= 15 is 0 Å². The molecule has 1 unspecified atom stereocenters. The Morgan fingerprint density at radius 1 is 1.03 bits per heavy atom. The van der Waals surface area contributed by atoms with Crippen LogP contribution in [0.25, 0.3) is 10.8 Å². The minimum atomic E-state index is -0.439. The first-order valence-corrected chi connectivity index (χ1v) is 12.1. The maximum Gasteiger partial charge on any atom is 0.173 e. The topological polar surface area (TPSA) is 79.9 Å². The Labute approximate surface area is 198 Å². The first-order chi connectivity index (χ1) is 16.7. The van der Waals surface area contributed by atoms with Gasteiger partial charge in [0.05, 0.1) is 11.5 Å². The lowest BCUT2D eigenvalue weighted by molar-refractivity contribution is -0.0233. The highest BCUT2D eigenvalue weighted by atomic mass is 16.5. The second-order valence-electron chi connectivity index (χ2n) is 9.43. The Kier molecular flexibility index (Phi) is 5.38. The molecule has 1 aromatic heterocycles. The van der Waals surface area contributed by atoms with E-state index < -0.39 is 5.60 Å². The van der Waals surface area contributed by atoms with Crippen LogP contribution < -0.4 is 10.1 Å². The van der Waals surface area contributed by atoms with Crippen molar-refractivity contribution >= 4 is 16.6 Å². The van der Waals surface area contributed by atoms with E-state index in [9.17, 15) is 4.79 Å². The number of carbonyl (C=O) groups is 1. The summed E-state index contributed by atoms with van der Waals surface area (Å²) in [6.45, 7) is 1.74. The fourth-order valence-electron chi connectivity index (χ4n) is 5.69. The molecule has 172 valence electrons. The van der Waals surface area contributed by atoms with Gasteiger partial charge in [-0.15, -0.1) is 0 Å². The summed E-state index contributed by atoms with van der Waals surface area (Å²) in [5.74, 6) is 1.47. The van der Waals surface area contributed by atoms with Crippen molar-refractivity contribution in [2.75, 3.05) is 13.1 Å². The van der Waals surface area contributed by atoms with Crippen LogP contribution in [0.15, 0.2) is 67.0 Å². The summed E-state index contributed by atoms with van der Waals surface area (Å²) in [7, 11) is 0. The zero-order valence-corrected chi connectivity index (χ0v) is 19.1. The molecule has 2 aliphatic rings. The lowest BCUT2D eigenvalue weighted by atomic mass is 9.71. The molecule has 0 amide bonds. The molecule has 0 radical (unpaired) electrons. The molecule has 1 saturated heterocycles. The van der Waals surface area contributed by atoms with E-state index in [1.165, 1.54) is 16.3 Å². The number of H-pyrrole nitrogens is 1. The summed E-state index contributed by atoms with van der Waals surface area (Å²) < 4.78 is 6.71. The molecule has 4 aromatic rings. The SMILES string of the molecule is O=C1c2cc(Cc3nc[nH]n3)ccc2OC2(CCNCC2)C1CCc1cccc2ccccc12. The fourth-order valence-corrected chi connectivity index (χ4v) is 5.69. The molecule has 1 spiro atoms. The minimum absolute atomic E-state index is 0.167. The number of Topliss-reactive ketones (excluding diaryl/α,β-unsaturated/α-hetero) is 1. The Bertz CT molecular complexity index is 1320. The number of hydrogen-bond acceptors (Lipinski definition) is 5. The van der Waals surface area contributed by atoms with Crippen molar-refractivity contribution in [1.82, 2.24) is 20.5 Å². The molecule has 2 N–H and O–H groups in total.